The van der Waals surface area contributed by atoms with Crippen molar-refractivity contribution in [3.63, 3.8) is 0 Å². The van der Waals surface area contributed by atoms with E-state index in [0.29, 0.717) is 24.1 Å². The highest BCUT2D eigenvalue weighted by atomic mass is 31.2. The molecule has 0 aromatic rings. The molecule has 48 heavy (non-hydrogen) atoms. The zero-order valence-electron chi connectivity index (χ0n) is 31.2. The van der Waals surface area contributed by atoms with Gasteiger partial charge in [-0.3, -0.25) is 13.8 Å². The van der Waals surface area contributed by atoms with Crippen LogP contribution in [0, 0.1) is 0 Å². The minimum absolute atomic E-state index is 0.0779. The van der Waals surface area contributed by atoms with Crippen molar-refractivity contribution in [2.75, 3.05) is 54.1 Å². The molecule has 0 aliphatic rings. The predicted molar refractivity (Wildman–Crippen MR) is 201 cm³/mol. The van der Waals surface area contributed by atoms with E-state index < -0.39 is 13.9 Å². The molecule has 0 heterocycles. The standard InChI is InChI=1S/C39H70NO7P/c1-6-8-10-12-14-16-17-18-19-20-21-22-23-24-25-27-29-31-34-44-36-38(37-46-48(42,43)45-35-33-40(3,4)5)47-39(41)32-30-28-26-15-13-11-9-7-2/h8,10,14,16,18-19,21-22,24-25,38H,6-7,9,11-13,15,17,20,23,26-37H2,1-5H3/p+1/b10-8-,16-14-,19-18-,22-21-,25-24-. The zero-order chi connectivity index (χ0) is 35.6. The maximum atomic E-state index is 12.5. The number of esters is 1. The highest BCUT2D eigenvalue weighted by Crippen LogP contribution is 2.43. The maximum absolute atomic E-state index is 12.5. The van der Waals surface area contributed by atoms with Crippen molar-refractivity contribution < 1.29 is 37.3 Å². The van der Waals surface area contributed by atoms with Gasteiger partial charge in [-0.05, 0) is 57.8 Å². The van der Waals surface area contributed by atoms with E-state index in [9.17, 15) is 14.3 Å². The van der Waals surface area contributed by atoms with Gasteiger partial charge in [-0.25, -0.2) is 4.57 Å². The number of phosphoric ester groups is 1. The van der Waals surface area contributed by atoms with Gasteiger partial charge in [0.1, 0.15) is 19.3 Å². The van der Waals surface area contributed by atoms with E-state index in [1.165, 1.54) is 32.1 Å². The Labute approximate surface area is 294 Å². The Balaban J connectivity index is 4.36. The molecule has 1 N–H and O–H groups in total. The predicted octanol–water partition coefficient (Wildman–Crippen LogP) is 10.2. The van der Waals surface area contributed by atoms with E-state index in [1.807, 2.05) is 21.1 Å². The van der Waals surface area contributed by atoms with Gasteiger partial charge in [-0.2, -0.15) is 0 Å². The molecular weight excluding hydrogens is 625 g/mol. The van der Waals surface area contributed by atoms with E-state index in [4.69, 9.17) is 18.5 Å². The van der Waals surface area contributed by atoms with Gasteiger partial charge in [0.2, 0.25) is 0 Å². The van der Waals surface area contributed by atoms with Gasteiger partial charge >= 0.3 is 13.8 Å². The molecule has 9 heteroatoms. The molecule has 0 spiro atoms. The summed E-state index contributed by atoms with van der Waals surface area (Å²) in [6, 6.07) is 0. The fourth-order valence-corrected chi connectivity index (χ4v) is 5.20. The van der Waals surface area contributed by atoms with Crippen molar-refractivity contribution in [1.29, 1.82) is 0 Å². The first-order valence-corrected chi connectivity index (χ1v) is 20.0. The number of rotatable bonds is 33. The Morgan fingerprint density at radius 1 is 0.667 bits per heavy atom. The van der Waals surface area contributed by atoms with Crippen molar-refractivity contribution in [2.24, 2.45) is 0 Å². The number of ether oxygens (including phenoxy) is 2. The largest absolute Gasteiger partial charge is 0.472 e. The molecule has 0 aromatic carbocycles. The summed E-state index contributed by atoms with van der Waals surface area (Å²) in [5.41, 5.74) is 0. The second kappa shape index (κ2) is 32.4. The van der Waals surface area contributed by atoms with Crippen molar-refractivity contribution >= 4 is 13.8 Å². The Morgan fingerprint density at radius 3 is 1.77 bits per heavy atom. The summed E-state index contributed by atoms with van der Waals surface area (Å²) >= 11 is 0. The fraction of sp³-hybridized carbons (Fsp3) is 0.718. The van der Waals surface area contributed by atoms with Crippen LogP contribution in [0.25, 0.3) is 0 Å². The van der Waals surface area contributed by atoms with Crippen LogP contribution in [-0.4, -0.2) is 75.6 Å². The Kier molecular flexibility index (Phi) is 31.2. The Morgan fingerprint density at radius 2 is 1.21 bits per heavy atom. The molecule has 0 aliphatic carbocycles. The molecular formula is C39H71NO7P+. The van der Waals surface area contributed by atoms with Crippen LogP contribution in [0.3, 0.4) is 0 Å². The lowest BCUT2D eigenvalue weighted by Crippen LogP contribution is -2.37. The summed E-state index contributed by atoms with van der Waals surface area (Å²) in [5.74, 6) is -0.338. The van der Waals surface area contributed by atoms with Gasteiger partial charge in [0.15, 0.2) is 0 Å². The average Bonchev–Trinajstić information content (AvgIpc) is 3.03. The topological polar surface area (TPSA) is 91.3 Å². The maximum Gasteiger partial charge on any atom is 0.472 e. The van der Waals surface area contributed by atoms with E-state index in [2.05, 4.69) is 74.6 Å². The SMILES string of the molecule is CC/C=C\C/C=C\C/C=C\C/C=C\C/C=C\CCCCOCC(COP(=O)(O)OCC[N+](C)(C)C)OC(=O)CCCCCCCCCC. The highest BCUT2D eigenvalue weighted by molar-refractivity contribution is 7.47. The molecule has 2 atom stereocenters. The van der Waals surface area contributed by atoms with Crippen molar-refractivity contribution in [3.05, 3.63) is 60.8 Å². The van der Waals surface area contributed by atoms with Crippen LogP contribution in [0.2, 0.25) is 0 Å². The number of carbonyl (C=O) groups is 1. The third kappa shape index (κ3) is 35.5. The number of quaternary nitrogens is 1. The molecule has 0 rings (SSSR count). The first-order valence-electron chi connectivity index (χ1n) is 18.5. The number of hydrogen-bond acceptors (Lipinski definition) is 6. The molecule has 0 aromatic heterocycles. The van der Waals surface area contributed by atoms with Gasteiger partial charge in [0.25, 0.3) is 0 Å². The average molecular weight is 697 g/mol. The molecule has 2 unspecified atom stereocenters. The van der Waals surface area contributed by atoms with Gasteiger partial charge in [-0.15, -0.1) is 0 Å². The van der Waals surface area contributed by atoms with Crippen LogP contribution < -0.4 is 0 Å². The lowest BCUT2D eigenvalue weighted by atomic mass is 10.1. The lowest BCUT2D eigenvalue weighted by Gasteiger charge is -2.24. The minimum Gasteiger partial charge on any atom is -0.457 e. The summed E-state index contributed by atoms with van der Waals surface area (Å²) in [6.07, 6.45) is 38.4. The summed E-state index contributed by atoms with van der Waals surface area (Å²) in [7, 11) is 1.63. The third-order valence-electron chi connectivity index (χ3n) is 7.34. The number of hydrogen-bond donors (Lipinski definition) is 1. The van der Waals surface area contributed by atoms with E-state index in [-0.39, 0.29) is 25.8 Å². The number of unbranched alkanes of at least 4 members (excludes halogenated alkanes) is 9. The van der Waals surface area contributed by atoms with E-state index in [1.54, 1.807) is 0 Å². The monoisotopic (exact) mass is 696 g/mol. The van der Waals surface area contributed by atoms with Crippen LogP contribution in [0.1, 0.15) is 123 Å². The molecule has 0 saturated heterocycles. The molecule has 8 nitrogen and oxygen atoms in total. The number of phosphoric acid groups is 1. The minimum atomic E-state index is -4.28. The highest BCUT2D eigenvalue weighted by Gasteiger charge is 2.26. The third-order valence-corrected chi connectivity index (χ3v) is 8.33. The van der Waals surface area contributed by atoms with Crippen LogP contribution in [0.5, 0.6) is 0 Å². The summed E-state index contributed by atoms with van der Waals surface area (Å²) in [4.78, 5) is 22.6. The Hall–Kier alpha value is -1.80. The summed E-state index contributed by atoms with van der Waals surface area (Å²) in [6.45, 7) is 5.33. The van der Waals surface area contributed by atoms with Crippen molar-refractivity contribution in [2.45, 2.75) is 129 Å². The molecule has 0 fully saturated rings. The van der Waals surface area contributed by atoms with Gasteiger partial charge in [0, 0.05) is 13.0 Å². The molecule has 0 radical (unpaired) electrons. The number of carbonyl (C=O) groups excluding carboxylic acids is 1. The van der Waals surface area contributed by atoms with Gasteiger partial charge in [-0.1, -0.05) is 120 Å². The molecule has 0 aliphatic heterocycles. The molecule has 0 saturated carbocycles. The first kappa shape index (κ1) is 46.2. The first-order chi connectivity index (χ1) is 23.1. The quantitative estimate of drug-likeness (QED) is 0.0240. The Bertz CT molecular complexity index is 952. The smallest absolute Gasteiger partial charge is 0.457 e. The van der Waals surface area contributed by atoms with E-state index in [0.717, 1.165) is 70.6 Å². The van der Waals surface area contributed by atoms with Crippen LogP contribution in [0.4, 0.5) is 0 Å². The number of nitrogens with zero attached hydrogens (tertiary/aromatic N) is 1. The van der Waals surface area contributed by atoms with Crippen LogP contribution in [0.15, 0.2) is 60.8 Å². The second-order valence-corrected chi connectivity index (χ2v) is 14.7. The second-order valence-electron chi connectivity index (χ2n) is 13.2. The van der Waals surface area contributed by atoms with Crippen LogP contribution >= 0.6 is 7.82 Å². The number of likely N-dealkylation sites (N-methyl/N-ethyl adjacent to an activating group) is 1. The van der Waals surface area contributed by atoms with Crippen molar-refractivity contribution in [1.82, 2.24) is 0 Å². The summed E-state index contributed by atoms with van der Waals surface area (Å²) < 4.78 is 34.7. The molecule has 278 valence electrons. The molecule has 0 amide bonds. The van der Waals surface area contributed by atoms with E-state index >= 15 is 0 Å². The number of allylic oxidation sites excluding steroid dienone is 10. The van der Waals surface area contributed by atoms with Gasteiger partial charge in [0.05, 0.1) is 34.4 Å². The van der Waals surface area contributed by atoms with Crippen molar-refractivity contribution in [3.8, 4) is 0 Å². The zero-order valence-corrected chi connectivity index (χ0v) is 32.1. The lowest BCUT2D eigenvalue weighted by molar-refractivity contribution is -0.870. The normalized spacial score (nSPS) is 14.7. The summed E-state index contributed by atoms with van der Waals surface area (Å²) in [5, 5.41) is 0. The fourth-order valence-electron chi connectivity index (χ4n) is 4.46. The van der Waals surface area contributed by atoms with Gasteiger partial charge < -0.3 is 18.9 Å². The molecule has 0 bridgehead atoms. The van der Waals surface area contributed by atoms with Crippen LogP contribution in [-0.2, 0) is 27.9 Å².